The lowest BCUT2D eigenvalue weighted by Crippen LogP contribution is -2.32. The number of hydrogen-bond donors (Lipinski definition) is 1. The summed E-state index contributed by atoms with van der Waals surface area (Å²) < 4.78 is 55.3. The van der Waals surface area contributed by atoms with Crippen LogP contribution < -0.4 is 9.62 Å². The first-order valence-electron chi connectivity index (χ1n) is 9.37. The molecule has 2 aromatic carbocycles. The van der Waals surface area contributed by atoms with E-state index < -0.39 is 21.7 Å². The SMILES string of the molecule is Cc1cc(C)c(C)c(S(=O)(=O)NCC2CCN(c3ccc(F)c(F)c3)C2)c1C. The first-order valence-corrected chi connectivity index (χ1v) is 10.9. The van der Waals surface area contributed by atoms with Crippen molar-refractivity contribution in [3.8, 4) is 0 Å². The van der Waals surface area contributed by atoms with Crippen molar-refractivity contribution in [2.24, 2.45) is 5.92 Å². The summed E-state index contributed by atoms with van der Waals surface area (Å²) in [6, 6.07) is 5.85. The lowest BCUT2D eigenvalue weighted by atomic mass is 10.0. The average molecular weight is 409 g/mol. The topological polar surface area (TPSA) is 49.4 Å². The van der Waals surface area contributed by atoms with Crippen LogP contribution in [0.4, 0.5) is 14.5 Å². The third-order valence-corrected chi connectivity index (χ3v) is 7.38. The number of rotatable bonds is 5. The van der Waals surface area contributed by atoms with Crippen molar-refractivity contribution in [2.75, 3.05) is 24.5 Å². The van der Waals surface area contributed by atoms with E-state index in [1.807, 2.05) is 38.7 Å². The molecule has 1 unspecified atom stereocenters. The van der Waals surface area contributed by atoms with Crippen LogP contribution in [0.25, 0.3) is 0 Å². The predicted octanol–water partition coefficient (Wildman–Crippen LogP) is 4.00. The van der Waals surface area contributed by atoms with Gasteiger partial charge in [0.25, 0.3) is 0 Å². The molecule has 28 heavy (non-hydrogen) atoms. The molecule has 1 aliphatic heterocycles. The predicted molar refractivity (Wildman–Crippen MR) is 107 cm³/mol. The van der Waals surface area contributed by atoms with Gasteiger partial charge in [-0.1, -0.05) is 6.07 Å². The van der Waals surface area contributed by atoms with E-state index in [4.69, 9.17) is 0 Å². The Bertz CT molecular complexity index is 980. The van der Waals surface area contributed by atoms with Gasteiger partial charge in [0.2, 0.25) is 10.0 Å². The van der Waals surface area contributed by atoms with Crippen molar-refractivity contribution >= 4 is 15.7 Å². The Kier molecular flexibility index (Phi) is 5.77. The highest BCUT2D eigenvalue weighted by atomic mass is 32.2. The molecule has 1 atom stereocenters. The fourth-order valence-electron chi connectivity index (χ4n) is 3.80. The number of anilines is 1. The molecule has 0 saturated carbocycles. The lowest BCUT2D eigenvalue weighted by Gasteiger charge is -2.20. The smallest absolute Gasteiger partial charge is 0.241 e. The van der Waals surface area contributed by atoms with Crippen LogP contribution in [0, 0.1) is 45.2 Å². The maximum atomic E-state index is 13.5. The molecule has 1 heterocycles. The molecule has 7 heteroatoms. The summed E-state index contributed by atoms with van der Waals surface area (Å²) in [6.07, 6.45) is 0.784. The maximum Gasteiger partial charge on any atom is 0.241 e. The second-order valence-corrected chi connectivity index (χ2v) is 9.34. The molecule has 152 valence electrons. The van der Waals surface area contributed by atoms with E-state index in [2.05, 4.69) is 4.72 Å². The van der Waals surface area contributed by atoms with Gasteiger partial charge >= 0.3 is 0 Å². The summed E-state index contributed by atoms with van der Waals surface area (Å²) in [4.78, 5) is 2.31. The summed E-state index contributed by atoms with van der Waals surface area (Å²) in [7, 11) is -3.63. The number of aryl methyl sites for hydroxylation is 2. The maximum absolute atomic E-state index is 13.5. The quantitative estimate of drug-likeness (QED) is 0.814. The van der Waals surface area contributed by atoms with Crippen LogP contribution in [-0.2, 0) is 10.0 Å². The number of sulfonamides is 1. The molecule has 0 aromatic heterocycles. The minimum absolute atomic E-state index is 0.106. The highest BCUT2D eigenvalue weighted by Gasteiger charge is 2.27. The summed E-state index contributed by atoms with van der Waals surface area (Å²) in [6.45, 7) is 9.08. The number of benzene rings is 2. The van der Waals surface area contributed by atoms with Gasteiger partial charge in [-0.15, -0.1) is 0 Å². The van der Waals surface area contributed by atoms with Crippen LogP contribution in [-0.4, -0.2) is 28.1 Å². The molecule has 0 bridgehead atoms. The Morgan fingerprint density at radius 1 is 1.04 bits per heavy atom. The highest BCUT2D eigenvalue weighted by molar-refractivity contribution is 7.89. The number of halogens is 2. The van der Waals surface area contributed by atoms with Gasteiger partial charge in [-0.3, -0.25) is 0 Å². The Hall–Kier alpha value is -1.99. The summed E-state index contributed by atoms with van der Waals surface area (Å²) >= 11 is 0. The molecule has 1 N–H and O–H groups in total. The Balaban J connectivity index is 1.70. The second-order valence-electron chi connectivity index (χ2n) is 7.64. The lowest BCUT2D eigenvalue weighted by molar-refractivity contribution is 0.508. The van der Waals surface area contributed by atoms with Crippen molar-refractivity contribution < 1.29 is 17.2 Å². The zero-order valence-electron chi connectivity index (χ0n) is 16.6. The van der Waals surface area contributed by atoms with E-state index in [1.165, 1.54) is 6.07 Å². The molecule has 0 spiro atoms. The van der Waals surface area contributed by atoms with E-state index in [9.17, 15) is 17.2 Å². The molecule has 0 radical (unpaired) electrons. The molecule has 1 saturated heterocycles. The fourth-order valence-corrected chi connectivity index (χ4v) is 5.53. The monoisotopic (exact) mass is 408 g/mol. The second kappa shape index (κ2) is 7.79. The van der Waals surface area contributed by atoms with E-state index in [1.54, 1.807) is 6.07 Å². The van der Waals surface area contributed by atoms with Crippen molar-refractivity contribution in [2.45, 2.75) is 39.0 Å². The third kappa shape index (κ3) is 4.05. The van der Waals surface area contributed by atoms with E-state index >= 15 is 0 Å². The van der Waals surface area contributed by atoms with Gasteiger partial charge in [-0.25, -0.2) is 21.9 Å². The average Bonchev–Trinajstić information content (AvgIpc) is 3.10. The van der Waals surface area contributed by atoms with Gasteiger partial charge in [0.15, 0.2) is 11.6 Å². The van der Waals surface area contributed by atoms with Crippen LogP contribution in [0.1, 0.15) is 28.7 Å². The van der Waals surface area contributed by atoms with Gasteiger partial charge in [-0.2, -0.15) is 0 Å². The van der Waals surface area contributed by atoms with E-state index in [-0.39, 0.29) is 5.92 Å². The van der Waals surface area contributed by atoms with Crippen molar-refractivity contribution in [3.05, 3.63) is 58.2 Å². The van der Waals surface area contributed by atoms with Crippen LogP contribution in [0.15, 0.2) is 29.2 Å². The zero-order chi connectivity index (χ0) is 20.6. The molecule has 1 aliphatic rings. The van der Waals surface area contributed by atoms with Crippen LogP contribution >= 0.6 is 0 Å². The Morgan fingerprint density at radius 3 is 2.29 bits per heavy atom. The third-order valence-electron chi connectivity index (χ3n) is 5.68. The van der Waals surface area contributed by atoms with E-state index in [0.717, 1.165) is 34.7 Å². The molecular weight excluding hydrogens is 382 g/mol. The standard InChI is InChI=1S/C21H26F2N2O2S/c1-13-9-14(2)16(4)21(15(13)3)28(26,27)24-11-17-7-8-25(12-17)18-5-6-19(22)20(23)10-18/h5-6,9-10,17,24H,7-8,11-12H2,1-4H3. The highest BCUT2D eigenvalue weighted by Crippen LogP contribution is 2.28. The van der Waals surface area contributed by atoms with Crippen molar-refractivity contribution in [1.29, 1.82) is 0 Å². The van der Waals surface area contributed by atoms with Crippen LogP contribution in [0.5, 0.6) is 0 Å². The molecule has 1 fully saturated rings. The van der Waals surface area contributed by atoms with Crippen molar-refractivity contribution in [1.82, 2.24) is 4.72 Å². The van der Waals surface area contributed by atoms with Crippen molar-refractivity contribution in [3.63, 3.8) is 0 Å². The molecule has 4 nitrogen and oxygen atoms in total. The Labute approximate surface area is 165 Å². The summed E-state index contributed by atoms with van der Waals surface area (Å²) in [5.41, 5.74) is 4.06. The van der Waals surface area contributed by atoms with Gasteiger partial charge < -0.3 is 4.90 Å². The van der Waals surface area contributed by atoms with Gasteiger partial charge in [0, 0.05) is 31.4 Å². The minimum atomic E-state index is -3.63. The van der Waals surface area contributed by atoms with Crippen LogP contribution in [0.3, 0.4) is 0 Å². The molecule has 2 aromatic rings. The van der Waals surface area contributed by atoms with Crippen LogP contribution in [0.2, 0.25) is 0 Å². The first kappa shape index (κ1) is 20.7. The molecular formula is C21H26F2N2O2S. The molecule has 0 aliphatic carbocycles. The van der Waals surface area contributed by atoms with Gasteiger partial charge in [-0.05, 0) is 74.4 Å². The number of nitrogens with one attached hydrogen (secondary N) is 1. The van der Waals surface area contributed by atoms with E-state index in [0.29, 0.717) is 30.2 Å². The first-order chi connectivity index (χ1) is 13.1. The summed E-state index contributed by atoms with van der Waals surface area (Å²) in [5.74, 6) is -1.64. The largest absolute Gasteiger partial charge is 0.371 e. The van der Waals surface area contributed by atoms with Gasteiger partial charge in [0.05, 0.1) is 4.90 Å². The molecule has 3 rings (SSSR count). The minimum Gasteiger partial charge on any atom is -0.371 e. The zero-order valence-corrected chi connectivity index (χ0v) is 17.5. The molecule has 0 amide bonds. The number of hydrogen-bond acceptors (Lipinski definition) is 3. The normalized spacial score (nSPS) is 17.4. The van der Waals surface area contributed by atoms with Gasteiger partial charge in [0.1, 0.15) is 0 Å². The number of nitrogens with zero attached hydrogens (tertiary/aromatic N) is 1. The summed E-state index contributed by atoms with van der Waals surface area (Å²) in [5, 5.41) is 0. The fraction of sp³-hybridized carbons (Fsp3) is 0.429. The Morgan fingerprint density at radius 2 is 1.68 bits per heavy atom.